The fraction of sp³-hybridized carbons (Fsp3) is 0.0667. The summed E-state index contributed by atoms with van der Waals surface area (Å²) in [6.45, 7) is 1.83. The fourth-order valence-electron chi connectivity index (χ4n) is 1.61. The minimum absolute atomic E-state index is 0.0656. The monoisotopic (exact) mass is 288 g/mol. The van der Waals surface area contributed by atoms with Gasteiger partial charge in [0.05, 0.1) is 11.8 Å². The maximum atomic E-state index is 11.8. The first-order valence-electron chi connectivity index (χ1n) is 5.95. The summed E-state index contributed by atoms with van der Waals surface area (Å²) in [6.07, 6.45) is 1.50. The Kier molecular flexibility index (Phi) is 4.38. The van der Waals surface area contributed by atoms with Crippen molar-refractivity contribution < 1.29 is 9.90 Å². The number of rotatable bonds is 3. The topological polar surface area (TPSA) is 61.7 Å². The quantitative estimate of drug-likeness (QED) is 0.673. The van der Waals surface area contributed by atoms with Gasteiger partial charge in [0.2, 0.25) is 0 Å². The van der Waals surface area contributed by atoms with E-state index in [0.29, 0.717) is 5.02 Å². The molecule has 0 aliphatic carbocycles. The van der Waals surface area contributed by atoms with Gasteiger partial charge in [-0.05, 0) is 42.3 Å². The summed E-state index contributed by atoms with van der Waals surface area (Å²) in [7, 11) is 0. The lowest BCUT2D eigenvalue weighted by molar-refractivity contribution is 0.0952. The number of carbonyl (C=O) groups is 1. The lowest BCUT2D eigenvalue weighted by Crippen LogP contribution is -2.17. The Morgan fingerprint density at radius 3 is 2.60 bits per heavy atom. The van der Waals surface area contributed by atoms with Gasteiger partial charge in [0.15, 0.2) is 0 Å². The van der Waals surface area contributed by atoms with Crippen LogP contribution in [0, 0.1) is 6.92 Å². The van der Waals surface area contributed by atoms with Crippen molar-refractivity contribution in [3.63, 3.8) is 0 Å². The van der Waals surface area contributed by atoms with E-state index in [9.17, 15) is 9.90 Å². The van der Waals surface area contributed by atoms with E-state index in [2.05, 4.69) is 10.5 Å². The number of hydrazone groups is 1. The highest BCUT2D eigenvalue weighted by Crippen LogP contribution is 2.18. The molecule has 0 radical (unpaired) electrons. The maximum Gasteiger partial charge on any atom is 0.275 e. The Hall–Kier alpha value is -2.33. The van der Waals surface area contributed by atoms with Gasteiger partial charge >= 0.3 is 0 Å². The predicted octanol–water partition coefficient (Wildman–Crippen LogP) is 3.12. The number of hydrogen-bond donors (Lipinski definition) is 2. The van der Waals surface area contributed by atoms with Crippen LogP contribution in [-0.2, 0) is 0 Å². The van der Waals surface area contributed by atoms with Gasteiger partial charge in [-0.2, -0.15) is 5.10 Å². The number of halogens is 1. The molecule has 0 aliphatic rings. The Balaban J connectivity index is 2.03. The van der Waals surface area contributed by atoms with Crippen LogP contribution in [0.2, 0.25) is 5.02 Å². The number of phenolic OH excluding ortho intramolecular Hbond substituents is 1. The number of hydrogen-bond acceptors (Lipinski definition) is 3. The van der Waals surface area contributed by atoms with Crippen LogP contribution >= 0.6 is 11.6 Å². The number of benzene rings is 2. The highest BCUT2D eigenvalue weighted by molar-refractivity contribution is 6.30. The molecule has 0 spiro atoms. The van der Waals surface area contributed by atoms with E-state index in [4.69, 9.17) is 11.6 Å². The summed E-state index contributed by atoms with van der Waals surface area (Å²) in [5.41, 5.74) is 4.23. The molecule has 5 heteroatoms. The van der Waals surface area contributed by atoms with E-state index in [1.807, 2.05) is 6.92 Å². The van der Waals surface area contributed by atoms with E-state index < -0.39 is 5.91 Å². The van der Waals surface area contributed by atoms with E-state index in [1.54, 1.807) is 36.4 Å². The Bertz CT molecular complexity index is 651. The molecule has 0 saturated carbocycles. The Morgan fingerprint density at radius 2 is 1.95 bits per heavy atom. The number of amides is 1. The van der Waals surface area contributed by atoms with Gasteiger partial charge < -0.3 is 5.11 Å². The van der Waals surface area contributed by atoms with Crippen molar-refractivity contribution in [2.75, 3.05) is 0 Å². The van der Waals surface area contributed by atoms with Crippen molar-refractivity contribution in [3.05, 3.63) is 64.2 Å². The first kappa shape index (κ1) is 14.1. The maximum absolute atomic E-state index is 11.8. The van der Waals surface area contributed by atoms with E-state index >= 15 is 0 Å². The number of phenols is 1. The van der Waals surface area contributed by atoms with E-state index in [-0.39, 0.29) is 11.3 Å². The summed E-state index contributed by atoms with van der Waals surface area (Å²) in [6, 6.07) is 11.9. The number of aromatic hydroxyl groups is 1. The first-order chi connectivity index (χ1) is 9.56. The van der Waals surface area contributed by atoms with Gasteiger partial charge in [-0.1, -0.05) is 29.8 Å². The zero-order chi connectivity index (χ0) is 14.5. The molecule has 1 amide bonds. The molecule has 0 aliphatic heterocycles. The highest BCUT2D eigenvalue weighted by Gasteiger charge is 2.09. The third-order valence-electron chi connectivity index (χ3n) is 2.65. The SMILES string of the molecule is Cc1ccc(C(=O)N/N=C/c2ccc(Cl)cc2)c(O)c1. The Labute approximate surface area is 121 Å². The standard InChI is InChI=1S/C15H13ClN2O2/c1-10-2-7-13(14(19)8-10)15(20)18-17-9-11-3-5-12(16)6-4-11/h2-9,19H,1H3,(H,18,20)/b17-9+. The van der Waals surface area contributed by atoms with E-state index in [0.717, 1.165) is 11.1 Å². The van der Waals surface area contributed by atoms with Crippen molar-refractivity contribution in [1.29, 1.82) is 0 Å². The molecule has 0 aromatic heterocycles. The van der Waals surface area contributed by atoms with Crippen LogP contribution in [-0.4, -0.2) is 17.2 Å². The average Bonchev–Trinajstić information content (AvgIpc) is 2.41. The molecule has 2 N–H and O–H groups in total. The van der Waals surface area contributed by atoms with Crippen LogP contribution in [0.5, 0.6) is 5.75 Å². The van der Waals surface area contributed by atoms with Crippen LogP contribution in [0.1, 0.15) is 21.5 Å². The van der Waals surface area contributed by atoms with Crippen molar-refractivity contribution in [2.24, 2.45) is 5.10 Å². The average molecular weight is 289 g/mol. The first-order valence-corrected chi connectivity index (χ1v) is 6.32. The van der Waals surface area contributed by atoms with Crippen LogP contribution in [0.4, 0.5) is 0 Å². The molecule has 0 unspecified atom stereocenters. The molecule has 0 saturated heterocycles. The summed E-state index contributed by atoms with van der Waals surface area (Å²) in [5.74, 6) is -0.531. The lowest BCUT2D eigenvalue weighted by Gasteiger charge is -2.03. The molecule has 0 atom stereocenters. The van der Waals surface area contributed by atoms with Gasteiger partial charge in [0.1, 0.15) is 5.75 Å². The molecule has 0 fully saturated rings. The second-order valence-corrected chi connectivity index (χ2v) is 4.71. The predicted molar refractivity (Wildman–Crippen MR) is 79.4 cm³/mol. The van der Waals surface area contributed by atoms with Crippen molar-refractivity contribution >= 4 is 23.7 Å². The summed E-state index contributed by atoms with van der Waals surface area (Å²) in [5, 5.41) is 14.1. The molecule has 2 aromatic rings. The second-order valence-electron chi connectivity index (χ2n) is 4.27. The smallest absolute Gasteiger partial charge is 0.275 e. The van der Waals surface area contributed by atoms with E-state index in [1.165, 1.54) is 12.3 Å². The zero-order valence-corrected chi connectivity index (χ0v) is 11.6. The number of nitrogens with one attached hydrogen (secondary N) is 1. The zero-order valence-electron chi connectivity index (χ0n) is 10.8. The molecular weight excluding hydrogens is 276 g/mol. The third kappa shape index (κ3) is 3.59. The minimum Gasteiger partial charge on any atom is -0.507 e. The minimum atomic E-state index is -0.465. The van der Waals surface area contributed by atoms with Crippen molar-refractivity contribution in [1.82, 2.24) is 5.43 Å². The van der Waals surface area contributed by atoms with Gasteiger partial charge in [-0.25, -0.2) is 5.43 Å². The van der Waals surface area contributed by atoms with Crippen LogP contribution in [0.15, 0.2) is 47.6 Å². The largest absolute Gasteiger partial charge is 0.507 e. The summed E-state index contributed by atoms with van der Waals surface area (Å²) >= 11 is 5.76. The molecular formula is C15H13ClN2O2. The summed E-state index contributed by atoms with van der Waals surface area (Å²) < 4.78 is 0. The van der Waals surface area contributed by atoms with Crippen molar-refractivity contribution in [3.8, 4) is 5.75 Å². The highest BCUT2D eigenvalue weighted by atomic mass is 35.5. The lowest BCUT2D eigenvalue weighted by atomic mass is 10.1. The molecule has 0 heterocycles. The molecule has 0 bridgehead atoms. The van der Waals surface area contributed by atoms with Gasteiger partial charge in [0.25, 0.3) is 5.91 Å². The van der Waals surface area contributed by atoms with Crippen LogP contribution in [0.25, 0.3) is 0 Å². The summed E-state index contributed by atoms with van der Waals surface area (Å²) in [4.78, 5) is 11.8. The Morgan fingerprint density at radius 1 is 1.25 bits per heavy atom. The van der Waals surface area contributed by atoms with Crippen molar-refractivity contribution in [2.45, 2.75) is 6.92 Å². The van der Waals surface area contributed by atoms with Gasteiger partial charge in [-0.3, -0.25) is 4.79 Å². The third-order valence-corrected chi connectivity index (χ3v) is 2.90. The molecule has 4 nitrogen and oxygen atoms in total. The number of aryl methyl sites for hydroxylation is 1. The second kappa shape index (κ2) is 6.21. The number of nitrogens with zero attached hydrogens (tertiary/aromatic N) is 1. The normalized spacial score (nSPS) is 10.7. The van der Waals surface area contributed by atoms with Crippen LogP contribution < -0.4 is 5.43 Å². The van der Waals surface area contributed by atoms with Gasteiger partial charge in [-0.15, -0.1) is 0 Å². The number of carbonyl (C=O) groups excluding carboxylic acids is 1. The van der Waals surface area contributed by atoms with Gasteiger partial charge in [0, 0.05) is 5.02 Å². The van der Waals surface area contributed by atoms with Crippen LogP contribution in [0.3, 0.4) is 0 Å². The molecule has 2 rings (SSSR count). The fourth-order valence-corrected chi connectivity index (χ4v) is 1.73. The molecule has 20 heavy (non-hydrogen) atoms. The molecule has 102 valence electrons. The molecule has 2 aromatic carbocycles.